The zero-order valence-electron chi connectivity index (χ0n) is 15.3. The van der Waals surface area contributed by atoms with Crippen LogP contribution in [0.4, 0.5) is 0 Å². The summed E-state index contributed by atoms with van der Waals surface area (Å²) in [6.45, 7) is 14.6. The molecule has 1 heterocycles. The normalized spacial score (nSPS) is 22.0. The van der Waals surface area contributed by atoms with Gasteiger partial charge in [0.2, 0.25) is 0 Å². The molecule has 1 rings (SSSR count). The molecule has 1 aliphatic rings. The van der Waals surface area contributed by atoms with Gasteiger partial charge in [0.1, 0.15) is 0 Å². The van der Waals surface area contributed by atoms with Crippen LogP contribution >= 0.6 is 0 Å². The summed E-state index contributed by atoms with van der Waals surface area (Å²) in [7, 11) is 0.767. The smallest absolute Gasteiger partial charge is 0.309 e. The summed E-state index contributed by atoms with van der Waals surface area (Å²) in [6, 6.07) is 0. The molecule has 2 atom stereocenters. The fourth-order valence-corrected chi connectivity index (χ4v) is 5.25. The zero-order chi connectivity index (χ0) is 16.5. The Bertz CT molecular complexity index is 326. The van der Waals surface area contributed by atoms with E-state index in [2.05, 4.69) is 29.8 Å². The molecule has 0 saturated carbocycles. The number of hydrogen-bond acceptors (Lipinski definition) is 4. The van der Waals surface area contributed by atoms with Gasteiger partial charge in [0.25, 0.3) is 0 Å². The lowest BCUT2D eigenvalue weighted by molar-refractivity contribution is -0.145. The second-order valence-electron chi connectivity index (χ2n) is 7.09. The molecule has 1 aliphatic heterocycles. The van der Waals surface area contributed by atoms with Gasteiger partial charge in [0.15, 0.2) is 0 Å². The minimum atomic E-state index is -0.716. The summed E-state index contributed by atoms with van der Waals surface area (Å²) < 4.78 is 4.86. The number of hydrogen-bond donors (Lipinski definition) is 0. The monoisotopic (exact) mass is 328 g/mol. The van der Waals surface area contributed by atoms with Gasteiger partial charge in [-0.3, -0.25) is 9.69 Å². The van der Waals surface area contributed by atoms with Crippen LogP contribution in [0.3, 0.4) is 0 Å². The summed E-state index contributed by atoms with van der Waals surface area (Å²) >= 11 is 0. The zero-order valence-corrected chi connectivity index (χ0v) is 16.5. The van der Waals surface area contributed by atoms with Crippen molar-refractivity contribution in [1.29, 1.82) is 0 Å². The van der Waals surface area contributed by atoms with Crippen LogP contribution in [0.5, 0.6) is 0 Å². The molecule has 0 radical (unpaired) electrons. The topological polar surface area (TPSA) is 32.8 Å². The number of carbonyl (C=O) groups is 1. The van der Waals surface area contributed by atoms with E-state index in [-0.39, 0.29) is 11.9 Å². The number of nitrogens with zero attached hydrogens (tertiary/aromatic N) is 2. The first-order valence-electron chi connectivity index (χ1n) is 9.03. The van der Waals surface area contributed by atoms with Crippen molar-refractivity contribution in [2.45, 2.75) is 58.3 Å². The van der Waals surface area contributed by atoms with Gasteiger partial charge < -0.3 is 9.64 Å². The van der Waals surface area contributed by atoms with E-state index in [0.717, 1.165) is 31.8 Å². The summed E-state index contributed by atoms with van der Waals surface area (Å²) in [6.07, 6.45) is 5.37. The quantitative estimate of drug-likeness (QED) is 0.370. The maximum absolute atomic E-state index is 11.6. The minimum absolute atomic E-state index is 0.0180. The van der Waals surface area contributed by atoms with Crippen molar-refractivity contribution in [3.63, 3.8) is 0 Å². The Hall–Kier alpha value is -0.393. The van der Waals surface area contributed by atoms with Crippen LogP contribution in [-0.2, 0) is 9.53 Å². The van der Waals surface area contributed by atoms with E-state index in [1.54, 1.807) is 0 Å². The highest BCUT2D eigenvalue weighted by Crippen LogP contribution is 2.16. The van der Waals surface area contributed by atoms with Crippen molar-refractivity contribution in [1.82, 2.24) is 9.80 Å². The van der Waals surface area contributed by atoms with E-state index in [4.69, 9.17) is 4.74 Å². The standard InChI is InChI=1S/C17H36N2O2Si/c1-6-7-8-9-10-19-12-11-18(14-16(19)22(4)5)13-15(2)17(20)21-3/h15-16,22H,6-14H2,1-5H3. The number of rotatable bonds is 9. The number of piperazine rings is 1. The van der Waals surface area contributed by atoms with Crippen molar-refractivity contribution < 1.29 is 9.53 Å². The molecule has 0 bridgehead atoms. The molecule has 0 amide bonds. The minimum Gasteiger partial charge on any atom is -0.469 e. The van der Waals surface area contributed by atoms with Gasteiger partial charge in [-0.2, -0.15) is 0 Å². The Balaban J connectivity index is 2.46. The van der Waals surface area contributed by atoms with Gasteiger partial charge in [0.05, 0.1) is 21.8 Å². The average molecular weight is 329 g/mol. The fraction of sp³-hybridized carbons (Fsp3) is 0.941. The Labute approximate surface area is 138 Å². The van der Waals surface area contributed by atoms with Crippen molar-refractivity contribution >= 4 is 14.8 Å². The highest BCUT2D eigenvalue weighted by Gasteiger charge is 2.30. The van der Waals surface area contributed by atoms with E-state index in [9.17, 15) is 4.79 Å². The summed E-state index contributed by atoms with van der Waals surface area (Å²) in [5.41, 5.74) is 0.750. The highest BCUT2D eigenvalue weighted by atomic mass is 28.3. The molecule has 0 aromatic rings. The van der Waals surface area contributed by atoms with E-state index >= 15 is 0 Å². The largest absolute Gasteiger partial charge is 0.469 e. The summed E-state index contributed by atoms with van der Waals surface area (Å²) in [4.78, 5) is 16.8. The third-order valence-corrected chi connectivity index (χ3v) is 6.99. The highest BCUT2D eigenvalue weighted by molar-refractivity contribution is 6.57. The lowest BCUT2D eigenvalue weighted by Crippen LogP contribution is -2.58. The van der Waals surface area contributed by atoms with Crippen molar-refractivity contribution in [2.24, 2.45) is 5.92 Å². The lowest BCUT2D eigenvalue weighted by atomic mass is 10.1. The van der Waals surface area contributed by atoms with Crippen molar-refractivity contribution in [3.05, 3.63) is 0 Å². The van der Waals surface area contributed by atoms with Crippen molar-refractivity contribution in [3.8, 4) is 0 Å². The number of unbranched alkanes of at least 4 members (excludes halogenated alkanes) is 3. The molecule has 1 fully saturated rings. The molecule has 1 saturated heterocycles. The molecule has 4 nitrogen and oxygen atoms in total. The van der Waals surface area contributed by atoms with Gasteiger partial charge in [-0.05, 0) is 13.0 Å². The van der Waals surface area contributed by atoms with Gasteiger partial charge in [0, 0.05) is 31.8 Å². The first-order chi connectivity index (χ1) is 10.5. The molecule has 0 aromatic carbocycles. The molecular weight excluding hydrogens is 292 g/mol. The number of methoxy groups -OCH3 is 1. The second kappa shape index (κ2) is 10.4. The van der Waals surface area contributed by atoms with Crippen LogP contribution in [-0.4, -0.2) is 70.1 Å². The number of ether oxygens (including phenoxy) is 1. The molecule has 22 heavy (non-hydrogen) atoms. The average Bonchev–Trinajstić information content (AvgIpc) is 2.51. The summed E-state index contributed by atoms with van der Waals surface area (Å²) in [5, 5.41) is 0. The Kier molecular flexibility index (Phi) is 9.29. The molecule has 5 heteroatoms. The molecule has 0 aromatic heterocycles. The van der Waals surface area contributed by atoms with Crippen LogP contribution in [0, 0.1) is 5.92 Å². The number of esters is 1. The second-order valence-corrected chi connectivity index (χ2v) is 10.3. The van der Waals surface area contributed by atoms with E-state index in [0.29, 0.717) is 0 Å². The summed E-state index contributed by atoms with van der Waals surface area (Å²) in [5.74, 6) is -0.101. The SMILES string of the molecule is CCCCCCN1CCN(CC(C)C(=O)OC)CC1[SiH](C)C. The van der Waals surface area contributed by atoms with Crippen LogP contribution < -0.4 is 0 Å². The predicted molar refractivity (Wildman–Crippen MR) is 96.0 cm³/mol. The molecule has 0 aliphatic carbocycles. The van der Waals surface area contributed by atoms with E-state index < -0.39 is 8.80 Å². The van der Waals surface area contributed by atoms with Gasteiger partial charge in [-0.25, -0.2) is 0 Å². The fourth-order valence-electron chi connectivity index (χ4n) is 3.39. The molecule has 130 valence electrons. The Morgan fingerprint density at radius 3 is 2.59 bits per heavy atom. The third-order valence-electron chi connectivity index (χ3n) is 4.82. The van der Waals surface area contributed by atoms with Gasteiger partial charge in [-0.15, -0.1) is 0 Å². The van der Waals surface area contributed by atoms with Crippen molar-refractivity contribution in [2.75, 3.05) is 39.8 Å². The maximum atomic E-state index is 11.6. The molecular formula is C17H36N2O2Si. The molecule has 0 N–H and O–H groups in total. The first kappa shape index (κ1) is 19.7. The van der Waals surface area contributed by atoms with Crippen LogP contribution in [0.15, 0.2) is 0 Å². The molecule has 0 spiro atoms. The van der Waals surface area contributed by atoms with E-state index in [1.165, 1.54) is 39.3 Å². The van der Waals surface area contributed by atoms with Crippen LogP contribution in [0.25, 0.3) is 0 Å². The number of carbonyl (C=O) groups excluding carboxylic acids is 1. The van der Waals surface area contributed by atoms with Gasteiger partial charge in [-0.1, -0.05) is 46.2 Å². The third kappa shape index (κ3) is 6.38. The first-order valence-corrected chi connectivity index (χ1v) is 12.0. The lowest BCUT2D eigenvalue weighted by Gasteiger charge is -2.43. The Morgan fingerprint density at radius 1 is 1.27 bits per heavy atom. The van der Waals surface area contributed by atoms with Crippen LogP contribution in [0.1, 0.15) is 39.5 Å². The van der Waals surface area contributed by atoms with Gasteiger partial charge >= 0.3 is 5.97 Å². The predicted octanol–water partition coefficient (Wildman–Crippen LogP) is 2.39. The van der Waals surface area contributed by atoms with E-state index in [1.807, 2.05) is 6.92 Å². The maximum Gasteiger partial charge on any atom is 0.309 e. The molecule has 2 unspecified atom stereocenters. The van der Waals surface area contributed by atoms with Crippen LogP contribution in [0.2, 0.25) is 13.1 Å². The Morgan fingerprint density at radius 2 is 2.00 bits per heavy atom.